The maximum Gasteiger partial charge on any atom is 0.329 e. The van der Waals surface area contributed by atoms with Gasteiger partial charge >= 0.3 is 11.8 Å². The minimum Gasteiger partial charge on any atom is -0.497 e. The second-order valence-corrected chi connectivity index (χ2v) is 5.07. The van der Waals surface area contributed by atoms with Crippen LogP contribution < -0.4 is 20.2 Å². The van der Waals surface area contributed by atoms with E-state index in [9.17, 15) is 19.7 Å². The first-order valence-electron chi connectivity index (χ1n) is 7.55. The maximum atomic E-state index is 12.0. The van der Waals surface area contributed by atoms with Crippen molar-refractivity contribution >= 4 is 29.4 Å². The summed E-state index contributed by atoms with van der Waals surface area (Å²) in [6.07, 6.45) is 1.25. The number of carbonyl (C=O) groups excluding carboxylic acids is 2. The molecule has 0 atom stereocenters. The third kappa shape index (κ3) is 5.26. The molecular formula is C17H16N4O6. The molecule has 0 aromatic heterocycles. The molecule has 10 heteroatoms. The predicted octanol–water partition coefficient (Wildman–Crippen LogP) is 1.70. The summed E-state index contributed by atoms with van der Waals surface area (Å²) in [5.41, 5.74) is 2.77. The Labute approximate surface area is 153 Å². The van der Waals surface area contributed by atoms with Gasteiger partial charge in [-0.1, -0.05) is 0 Å². The van der Waals surface area contributed by atoms with Crippen LogP contribution in [-0.4, -0.2) is 37.2 Å². The van der Waals surface area contributed by atoms with E-state index in [2.05, 4.69) is 15.8 Å². The number of ether oxygens (including phenoxy) is 2. The molecule has 0 fully saturated rings. The summed E-state index contributed by atoms with van der Waals surface area (Å²) < 4.78 is 10.2. The molecule has 0 bridgehead atoms. The molecule has 0 spiro atoms. The molecule has 2 amide bonds. The fraction of sp³-hybridized carbons (Fsp3) is 0.118. The summed E-state index contributed by atoms with van der Waals surface area (Å²) in [7, 11) is 2.89. The Morgan fingerprint density at radius 1 is 1.07 bits per heavy atom. The van der Waals surface area contributed by atoms with Crippen LogP contribution in [-0.2, 0) is 9.59 Å². The minimum atomic E-state index is -1.00. The Bertz CT molecular complexity index is 879. The minimum absolute atomic E-state index is 0.0669. The number of hydrogen-bond donors (Lipinski definition) is 2. The highest BCUT2D eigenvalue weighted by Crippen LogP contribution is 2.28. The van der Waals surface area contributed by atoms with Crippen molar-refractivity contribution in [3.05, 3.63) is 58.1 Å². The molecule has 27 heavy (non-hydrogen) atoms. The average Bonchev–Trinajstić information content (AvgIpc) is 2.68. The molecule has 0 saturated heterocycles. The van der Waals surface area contributed by atoms with E-state index in [1.165, 1.54) is 50.8 Å². The van der Waals surface area contributed by atoms with Gasteiger partial charge in [0.05, 0.1) is 31.0 Å². The van der Waals surface area contributed by atoms with E-state index in [-0.39, 0.29) is 11.4 Å². The van der Waals surface area contributed by atoms with Crippen molar-refractivity contribution in [1.29, 1.82) is 0 Å². The second kappa shape index (κ2) is 8.94. The standard InChI is InChI=1S/C17H16N4O6/c1-26-13-7-8-15(27-2)14(9-13)19-16(22)17(23)20-18-10-11-3-5-12(6-4-11)21(24)25/h3-10H,1-2H3,(H,19,22)(H,20,23)/b18-10-. The smallest absolute Gasteiger partial charge is 0.329 e. The predicted molar refractivity (Wildman–Crippen MR) is 97.0 cm³/mol. The quantitative estimate of drug-likeness (QED) is 0.343. The molecule has 0 radical (unpaired) electrons. The van der Waals surface area contributed by atoms with Crippen LogP contribution in [0.1, 0.15) is 5.56 Å². The molecule has 140 valence electrons. The first-order valence-corrected chi connectivity index (χ1v) is 7.55. The number of benzene rings is 2. The summed E-state index contributed by atoms with van der Waals surface area (Å²) in [4.78, 5) is 33.9. The SMILES string of the molecule is COc1ccc(OC)c(NC(=O)C(=O)N/N=C\c2ccc([N+](=O)[O-])cc2)c1. The molecule has 0 heterocycles. The topological polar surface area (TPSA) is 132 Å². The lowest BCUT2D eigenvalue weighted by atomic mass is 10.2. The number of nitrogens with zero attached hydrogens (tertiary/aromatic N) is 2. The van der Waals surface area contributed by atoms with Gasteiger partial charge in [-0.2, -0.15) is 5.10 Å². The van der Waals surface area contributed by atoms with Crippen molar-refractivity contribution < 1.29 is 24.0 Å². The van der Waals surface area contributed by atoms with Crippen molar-refractivity contribution in [2.45, 2.75) is 0 Å². The number of anilines is 1. The van der Waals surface area contributed by atoms with Crippen molar-refractivity contribution in [3.8, 4) is 11.5 Å². The normalized spacial score (nSPS) is 10.3. The molecule has 2 rings (SSSR count). The molecular weight excluding hydrogens is 356 g/mol. The molecule has 10 nitrogen and oxygen atoms in total. The lowest BCUT2D eigenvalue weighted by molar-refractivity contribution is -0.384. The van der Waals surface area contributed by atoms with Crippen molar-refractivity contribution in [1.82, 2.24) is 5.43 Å². The molecule has 2 aromatic rings. The number of hydrogen-bond acceptors (Lipinski definition) is 7. The number of non-ortho nitro benzene ring substituents is 1. The Morgan fingerprint density at radius 2 is 1.78 bits per heavy atom. The van der Waals surface area contributed by atoms with Gasteiger partial charge < -0.3 is 14.8 Å². The van der Waals surface area contributed by atoms with Gasteiger partial charge in [-0.25, -0.2) is 5.43 Å². The van der Waals surface area contributed by atoms with Crippen LogP contribution in [0.2, 0.25) is 0 Å². The monoisotopic (exact) mass is 372 g/mol. The zero-order valence-corrected chi connectivity index (χ0v) is 14.5. The Hall–Kier alpha value is -3.95. The van der Waals surface area contributed by atoms with Gasteiger partial charge in [-0.05, 0) is 29.8 Å². The van der Waals surface area contributed by atoms with E-state index in [0.717, 1.165) is 0 Å². The van der Waals surface area contributed by atoms with Crippen molar-refractivity contribution in [2.75, 3.05) is 19.5 Å². The number of carbonyl (C=O) groups is 2. The molecule has 2 aromatic carbocycles. The van der Waals surface area contributed by atoms with Gasteiger partial charge in [0.2, 0.25) is 0 Å². The van der Waals surface area contributed by atoms with E-state index in [4.69, 9.17) is 9.47 Å². The van der Waals surface area contributed by atoms with Crippen molar-refractivity contribution in [3.63, 3.8) is 0 Å². The maximum absolute atomic E-state index is 12.0. The lowest BCUT2D eigenvalue weighted by Crippen LogP contribution is -2.32. The number of nitrogens with one attached hydrogen (secondary N) is 2. The van der Waals surface area contributed by atoms with Gasteiger partial charge in [0, 0.05) is 18.2 Å². The van der Waals surface area contributed by atoms with Crippen LogP contribution in [0.15, 0.2) is 47.6 Å². The summed E-state index contributed by atoms with van der Waals surface area (Å²) in [5, 5.41) is 16.6. The molecule has 0 aliphatic heterocycles. The Morgan fingerprint density at radius 3 is 2.37 bits per heavy atom. The average molecular weight is 372 g/mol. The van der Waals surface area contributed by atoms with Crippen LogP contribution in [0.5, 0.6) is 11.5 Å². The van der Waals surface area contributed by atoms with Gasteiger partial charge in [0.25, 0.3) is 5.69 Å². The van der Waals surface area contributed by atoms with Gasteiger partial charge in [-0.15, -0.1) is 0 Å². The molecule has 2 N–H and O–H groups in total. The van der Waals surface area contributed by atoms with E-state index < -0.39 is 16.7 Å². The van der Waals surface area contributed by atoms with E-state index >= 15 is 0 Å². The van der Waals surface area contributed by atoms with Crippen LogP contribution >= 0.6 is 0 Å². The third-order valence-corrected chi connectivity index (χ3v) is 3.34. The summed E-state index contributed by atoms with van der Waals surface area (Å²) >= 11 is 0. The fourth-order valence-corrected chi connectivity index (χ4v) is 1.99. The first kappa shape index (κ1) is 19.4. The highest BCUT2D eigenvalue weighted by molar-refractivity contribution is 6.39. The summed E-state index contributed by atoms with van der Waals surface area (Å²) in [6, 6.07) is 10.2. The van der Waals surface area contributed by atoms with Crippen LogP contribution in [0.25, 0.3) is 0 Å². The van der Waals surface area contributed by atoms with Crippen molar-refractivity contribution in [2.24, 2.45) is 5.10 Å². The van der Waals surface area contributed by atoms with E-state index in [0.29, 0.717) is 17.1 Å². The summed E-state index contributed by atoms with van der Waals surface area (Å²) in [6.45, 7) is 0. The number of nitro benzene ring substituents is 1. The van der Waals surface area contributed by atoms with Gasteiger partial charge in [0.1, 0.15) is 11.5 Å². The van der Waals surface area contributed by atoms with E-state index in [1.807, 2.05) is 0 Å². The zero-order chi connectivity index (χ0) is 19.8. The van der Waals surface area contributed by atoms with Crippen LogP contribution in [0.4, 0.5) is 11.4 Å². The number of methoxy groups -OCH3 is 2. The molecule has 0 aliphatic carbocycles. The summed E-state index contributed by atoms with van der Waals surface area (Å²) in [5.74, 6) is -1.13. The highest BCUT2D eigenvalue weighted by Gasteiger charge is 2.16. The fourth-order valence-electron chi connectivity index (χ4n) is 1.99. The number of hydrazone groups is 1. The van der Waals surface area contributed by atoms with E-state index in [1.54, 1.807) is 12.1 Å². The number of rotatable bonds is 6. The first-order chi connectivity index (χ1) is 12.9. The van der Waals surface area contributed by atoms with Gasteiger partial charge in [-0.3, -0.25) is 19.7 Å². The highest BCUT2D eigenvalue weighted by atomic mass is 16.6. The van der Waals surface area contributed by atoms with Gasteiger partial charge in [0.15, 0.2) is 0 Å². The lowest BCUT2D eigenvalue weighted by Gasteiger charge is -2.11. The van der Waals surface area contributed by atoms with Crippen LogP contribution in [0, 0.1) is 10.1 Å². The van der Waals surface area contributed by atoms with Crippen LogP contribution in [0.3, 0.4) is 0 Å². The third-order valence-electron chi connectivity index (χ3n) is 3.34. The molecule has 0 unspecified atom stereocenters. The molecule has 0 saturated carbocycles. The number of amides is 2. The molecule has 0 aliphatic rings. The zero-order valence-electron chi connectivity index (χ0n) is 14.5. The Balaban J connectivity index is 1.97. The Kier molecular flexibility index (Phi) is 6.42. The second-order valence-electron chi connectivity index (χ2n) is 5.07. The number of nitro groups is 1. The largest absolute Gasteiger partial charge is 0.497 e.